The van der Waals surface area contributed by atoms with E-state index in [-0.39, 0.29) is 5.91 Å². The van der Waals surface area contributed by atoms with Crippen LogP contribution in [0.2, 0.25) is 0 Å². The standard InChI is InChI=1S/C16H28N2O/c1-13(2)18-9-8-15(12-18)11-17-16(19)10-14-6-4-3-5-7-14/h6,13,15H,3-5,7-12H2,1-2H3,(H,17,19)/t15-/m1/s1. The van der Waals surface area contributed by atoms with Gasteiger partial charge in [-0.2, -0.15) is 0 Å². The largest absolute Gasteiger partial charge is 0.355 e. The van der Waals surface area contributed by atoms with E-state index in [1.165, 1.54) is 31.4 Å². The summed E-state index contributed by atoms with van der Waals surface area (Å²) in [4.78, 5) is 14.4. The Hall–Kier alpha value is -0.830. The van der Waals surface area contributed by atoms with Gasteiger partial charge in [-0.1, -0.05) is 11.6 Å². The van der Waals surface area contributed by atoms with Crippen molar-refractivity contribution < 1.29 is 4.79 Å². The maximum absolute atomic E-state index is 11.9. The molecule has 19 heavy (non-hydrogen) atoms. The summed E-state index contributed by atoms with van der Waals surface area (Å²) in [6, 6.07) is 0.632. The summed E-state index contributed by atoms with van der Waals surface area (Å²) < 4.78 is 0. The molecule has 108 valence electrons. The molecule has 0 bridgehead atoms. The van der Waals surface area contributed by atoms with Crippen LogP contribution in [-0.4, -0.2) is 36.5 Å². The predicted octanol–water partition coefficient (Wildman–Crippen LogP) is 2.72. The Morgan fingerprint density at radius 3 is 2.95 bits per heavy atom. The number of likely N-dealkylation sites (tertiary alicyclic amines) is 1. The van der Waals surface area contributed by atoms with Crippen LogP contribution in [0.25, 0.3) is 0 Å². The number of carbonyl (C=O) groups excluding carboxylic acids is 1. The van der Waals surface area contributed by atoms with E-state index >= 15 is 0 Å². The minimum absolute atomic E-state index is 0.219. The molecule has 1 saturated heterocycles. The fraction of sp³-hybridized carbons (Fsp3) is 0.812. The van der Waals surface area contributed by atoms with E-state index < -0.39 is 0 Å². The van der Waals surface area contributed by atoms with E-state index in [9.17, 15) is 4.79 Å². The molecule has 0 saturated carbocycles. The van der Waals surface area contributed by atoms with E-state index in [1.807, 2.05) is 0 Å². The highest BCUT2D eigenvalue weighted by molar-refractivity contribution is 5.78. The van der Waals surface area contributed by atoms with Crippen molar-refractivity contribution in [2.75, 3.05) is 19.6 Å². The molecule has 0 spiro atoms. The Bertz CT molecular complexity index is 336. The molecule has 0 aromatic carbocycles. The lowest BCUT2D eigenvalue weighted by Gasteiger charge is -2.20. The number of nitrogens with zero attached hydrogens (tertiary/aromatic N) is 1. The Morgan fingerprint density at radius 2 is 2.32 bits per heavy atom. The lowest BCUT2D eigenvalue weighted by atomic mass is 9.97. The molecule has 0 radical (unpaired) electrons. The minimum atomic E-state index is 0.219. The van der Waals surface area contributed by atoms with Gasteiger partial charge in [-0.15, -0.1) is 0 Å². The third-order valence-corrected chi connectivity index (χ3v) is 4.41. The van der Waals surface area contributed by atoms with Crippen LogP contribution in [0.15, 0.2) is 11.6 Å². The lowest BCUT2D eigenvalue weighted by molar-refractivity contribution is -0.120. The molecule has 2 aliphatic rings. The Kier molecular flexibility index (Phi) is 5.44. The van der Waals surface area contributed by atoms with Crippen molar-refractivity contribution in [2.45, 2.75) is 58.4 Å². The van der Waals surface area contributed by atoms with Gasteiger partial charge in [-0.25, -0.2) is 0 Å². The molecule has 0 aromatic heterocycles. The van der Waals surface area contributed by atoms with Gasteiger partial charge in [0.2, 0.25) is 5.91 Å². The monoisotopic (exact) mass is 264 g/mol. The van der Waals surface area contributed by atoms with Crippen LogP contribution in [0.3, 0.4) is 0 Å². The molecular weight excluding hydrogens is 236 g/mol. The third-order valence-electron chi connectivity index (χ3n) is 4.41. The SMILES string of the molecule is CC(C)N1CC[C@H](CNC(=O)CC2=CCCCC2)C1. The zero-order chi connectivity index (χ0) is 13.7. The van der Waals surface area contributed by atoms with E-state index in [2.05, 4.69) is 30.1 Å². The van der Waals surface area contributed by atoms with E-state index in [0.717, 1.165) is 25.9 Å². The quantitative estimate of drug-likeness (QED) is 0.774. The number of hydrogen-bond acceptors (Lipinski definition) is 2. The highest BCUT2D eigenvalue weighted by atomic mass is 16.1. The third kappa shape index (κ3) is 4.64. The lowest BCUT2D eigenvalue weighted by Crippen LogP contribution is -2.33. The van der Waals surface area contributed by atoms with Crippen LogP contribution < -0.4 is 5.32 Å². The first-order valence-corrected chi connectivity index (χ1v) is 7.84. The van der Waals surface area contributed by atoms with Crippen LogP contribution >= 0.6 is 0 Å². The number of rotatable bonds is 5. The second-order valence-electron chi connectivity index (χ2n) is 6.33. The maximum Gasteiger partial charge on any atom is 0.224 e. The van der Waals surface area contributed by atoms with Crippen LogP contribution in [0.5, 0.6) is 0 Å². The predicted molar refractivity (Wildman–Crippen MR) is 79.0 cm³/mol. The Balaban J connectivity index is 1.65. The van der Waals surface area contributed by atoms with Gasteiger partial charge < -0.3 is 10.2 Å². The highest BCUT2D eigenvalue weighted by Crippen LogP contribution is 2.20. The second kappa shape index (κ2) is 7.09. The van der Waals surface area contributed by atoms with Gasteiger partial charge in [-0.05, 0) is 58.4 Å². The van der Waals surface area contributed by atoms with E-state index in [1.54, 1.807) is 0 Å². The number of amides is 1. The van der Waals surface area contributed by atoms with Crippen LogP contribution in [0.4, 0.5) is 0 Å². The molecule has 1 aliphatic carbocycles. The zero-order valence-electron chi connectivity index (χ0n) is 12.5. The summed E-state index contributed by atoms with van der Waals surface area (Å²) in [5, 5.41) is 3.12. The normalized spacial score (nSPS) is 24.6. The first-order valence-electron chi connectivity index (χ1n) is 7.84. The Morgan fingerprint density at radius 1 is 1.47 bits per heavy atom. The summed E-state index contributed by atoms with van der Waals surface area (Å²) in [5.41, 5.74) is 1.35. The molecule has 1 heterocycles. The van der Waals surface area contributed by atoms with Crippen molar-refractivity contribution >= 4 is 5.91 Å². The molecule has 2 rings (SSSR count). The summed E-state index contributed by atoms with van der Waals surface area (Å²) >= 11 is 0. The summed E-state index contributed by atoms with van der Waals surface area (Å²) in [5.74, 6) is 0.864. The molecule has 0 aromatic rings. The van der Waals surface area contributed by atoms with Crippen molar-refractivity contribution in [3.63, 3.8) is 0 Å². The number of carbonyl (C=O) groups is 1. The molecule has 1 aliphatic heterocycles. The van der Waals surface area contributed by atoms with Gasteiger partial charge >= 0.3 is 0 Å². The maximum atomic E-state index is 11.9. The van der Waals surface area contributed by atoms with Gasteiger partial charge in [0.15, 0.2) is 0 Å². The molecule has 3 nitrogen and oxygen atoms in total. The second-order valence-corrected chi connectivity index (χ2v) is 6.33. The van der Waals surface area contributed by atoms with Gasteiger partial charge in [0.05, 0.1) is 0 Å². The molecule has 1 amide bonds. The molecule has 3 heteroatoms. The average molecular weight is 264 g/mol. The van der Waals surface area contributed by atoms with E-state index in [4.69, 9.17) is 0 Å². The fourth-order valence-electron chi connectivity index (χ4n) is 3.09. The molecule has 1 N–H and O–H groups in total. The van der Waals surface area contributed by atoms with Crippen molar-refractivity contribution in [1.29, 1.82) is 0 Å². The minimum Gasteiger partial charge on any atom is -0.355 e. The van der Waals surface area contributed by atoms with Crippen molar-refractivity contribution in [2.24, 2.45) is 5.92 Å². The highest BCUT2D eigenvalue weighted by Gasteiger charge is 2.24. The van der Waals surface area contributed by atoms with Crippen molar-refractivity contribution in [3.8, 4) is 0 Å². The summed E-state index contributed by atoms with van der Waals surface area (Å²) in [7, 11) is 0. The molecule has 1 fully saturated rings. The van der Waals surface area contributed by atoms with Gasteiger partial charge in [0.25, 0.3) is 0 Å². The number of nitrogens with one attached hydrogen (secondary N) is 1. The molecular formula is C16H28N2O. The Labute approximate surface area is 117 Å². The van der Waals surface area contributed by atoms with Crippen LogP contribution in [0.1, 0.15) is 52.4 Å². The van der Waals surface area contributed by atoms with Crippen molar-refractivity contribution in [3.05, 3.63) is 11.6 Å². The molecule has 1 atom stereocenters. The summed E-state index contributed by atoms with van der Waals surface area (Å²) in [6.07, 6.45) is 8.94. The summed E-state index contributed by atoms with van der Waals surface area (Å²) in [6.45, 7) is 7.67. The van der Waals surface area contributed by atoms with Crippen molar-refractivity contribution in [1.82, 2.24) is 10.2 Å². The number of allylic oxidation sites excluding steroid dienone is 1. The van der Waals surface area contributed by atoms with Crippen LogP contribution in [0, 0.1) is 5.92 Å². The smallest absolute Gasteiger partial charge is 0.224 e. The topological polar surface area (TPSA) is 32.3 Å². The number of hydrogen-bond donors (Lipinski definition) is 1. The fourth-order valence-corrected chi connectivity index (χ4v) is 3.09. The van der Waals surface area contributed by atoms with Crippen LogP contribution in [-0.2, 0) is 4.79 Å². The van der Waals surface area contributed by atoms with Gasteiger partial charge in [-0.3, -0.25) is 4.79 Å². The zero-order valence-corrected chi connectivity index (χ0v) is 12.5. The average Bonchev–Trinajstić information content (AvgIpc) is 2.86. The first kappa shape index (κ1) is 14.6. The van der Waals surface area contributed by atoms with Gasteiger partial charge in [0, 0.05) is 25.6 Å². The van der Waals surface area contributed by atoms with E-state index in [0.29, 0.717) is 18.4 Å². The molecule has 0 unspecified atom stereocenters. The van der Waals surface area contributed by atoms with Gasteiger partial charge in [0.1, 0.15) is 0 Å². The first-order chi connectivity index (χ1) is 9.15.